The average molecular weight is 218 g/mol. The molecule has 0 amide bonds. The number of hydrogen-bond acceptors (Lipinski definition) is 1. The number of nitrogens with one attached hydrogen (secondary N) is 1. The minimum atomic E-state index is 0.929. The van der Waals surface area contributed by atoms with Crippen LogP contribution in [-0.2, 0) is 0 Å². The third kappa shape index (κ3) is 10.1. The number of hydrogen-bond donors (Lipinski definition) is 1. The van der Waals surface area contributed by atoms with Crippen molar-refractivity contribution >= 4 is 11.6 Å². The second-order valence-electron chi connectivity index (χ2n) is 3.90. The first-order valence-electron chi connectivity index (χ1n) is 5.77. The van der Waals surface area contributed by atoms with Gasteiger partial charge in [0.1, 0.15) is 0 Å². The molecule has 0 atom stereocenters. The fourth-order valence-corrected chi connectivity index (χ4v) is 1.43. The molecule has 14 heavy (non-hydrogen) atoms. The van der Waals surface area contributed by atoms with Crippen LogP contribution >= 0.6 is 11.6 Å². The van der Waals surface area contributed by atoms with Crippen LogP contribution in [0.4, 0.5) is 0 Å². The van der Waals surface area contributed by atoms with Gasteiger partial charge >= 0.3 is 0 Å². The predicted molar refractivity (Wildman–Crippen MR) is 65.9 cm³/mol. The predicted octanol–water partition coefficient (Wildman–Crippen LogP) is 4.08. The summed E-state index contributed by atoms with van der Waals surface area (Å²) < 4.78 is 0. The van der Waals surface area contributed by atoms with Gasteiger partial charge in [-0.3, -0.25) is 0 Å². The largest absolute Gasteiger partial charge is 0.313 e. The Morgan fingerprint density at radius 2 is 1.79 bits per heavy atom. The van der Waals surface area contributed by atoms with Gasteiger partial charge in [-0.2, -0.15) is 0 Å². The summed E-state index contributed by atoms with van der Waals surface area (Å²) in [7, 11) is 0. The van der Waals surface area contributed by atoms with Crippen LogP contribution < -0.4 is 5.32 Å². The second kappa shape index (κ2) is 11.1. The molecule has 2 heteroatoms. The monoisotopic (exact) mass is 217 g/mol. The van der Waals surface area contributed by atoms with E-state index in [1.807, 2.05) is 6.92 Å². The topological polar surface area (TPSA) is 12.0 Å². The second-order valence-corrected chi connectivity index (χ2v) is 4.12. The smallest absolute Gasteiger partial charge is 0.0173 e. The number of rotatable bonds is 9. The Bertz CT molecular complexity index is 143. The summed E-state index contributed by atoms with van der Waals surface area (Å²) >= 11 is 5.55. The quantitative estimate of drug-likeness (QED) is 0.574. The molecule has 1 nitrogen and oxygen atoms in total. The van der Waals surface area contributed by atoms with Gasteiger partial charge in [0, 0.05) is 12.1 Å². The summed E-state index contributed by atoms with van der Waals surface area (Å²) in [6.45, 7) is 6.34. The maximum Gasteiger partial charge on any atom is 0.0173 e. The molecular formula is C12H24ClN. The van der Waals surface area contributed by atoms with Gasteiger partial charge in [0.2, 0.25) is 0 Å². The van der Waals surface area contributed by atoms with E-state index in [2.05, 4.69) is 12.2 Å². The van der Waals surface area contributed by atoms with Crippen LogP contribution in [0.3, 0.4) is 0 Å². The van der Waals surface area contributed by atoms with Gasteiger partial charge in [-0.25, -0.2) is 0 Å². The fourth-order valence-electron chi connectivity index (χ4n) is 1.35. The Hall–Kier alpha value is -0.0100. The molecule has 0 aliphatic rings. The molecule has 0 bridgehead atoms. The van der Waals surface area contributed by atoms with Crippen LogP contribution in [0.15, 0.2) is 11.1 Å². The zero-order valence-electron chi connectivity index (χ0n) is 9.61. The zero-order valence-corrected chi connectivity index (χ0v) is 10.4. The van der Waals surface area contributed by atoms with Crippen molar-refractivity contribution in [3.63, 3.8) is 0 Å². The summed E-state index contributed by atoms with van der Waals surface area (Å²) in [6, 6.07) is 0. The molecule has 84 valence electrons. The minimum absolute atomic E-state index is 0.929. The summed E-state index contributed by atoms with van der Waals surface area (Å²) in [5.74, 6) is 0. The van der Waals surface area contributed by atoms with E-state index in [4.69, 9.17) is 11.6 Å². The maximum atomic E-state index is 5.55. The minimum Gasteiger partial charge on any atom is -0.313 e. The third-order valence-corrected chi connectivity index (χ3v) is 2.67. The molecule has 0 saturated heterocycles. The highest BCUT2D eigenvalue weighted by Crippen LogP contribution is 2.04. The van der Waals surface area contributed by atoms with Crippen molar-refractivity contribution in [1.82, 2.24) is 5.32 Å². The molecule has 0 rings (SSSR count). The van der Waals surface area contributed by atoms with Crippen molar-refractivity contribution in [3.8, 4) is 0 Å². The Labute approximate surface area is 93.9 Å². The molecule has 0 fully saturated rings. The Balaban J connectivity index is 2.99. The Morgan fingerprint density at radius 1 is 1.14 bits per heavy atom. The highest BCUT2D eigenvalue weighted by Gasteiger charge is 1.91. The van der Waals surface area contributed by atoms with Crippen molar-refractivity contribution in [3.05, 3.63) is 11.1 Å². The average Bonchev–Trinajstić information content (AvgIpc) is 2.21. The number of unbranched alkanes of at least 4 members (excludes halogenated alkanes) is 5. The normalized spacial score (nSPS) is 12.1. The van der Waals surface area contributed by atoms with E-state index < -0.39 is 0 Å². The highest BCUT2D eigenvalue weighted by molar-refractivity contribution is 6.25. The molecular weight excluding hydrogens is 194 g/mol. The van der Waals surface area contributed by atoms with E-state index in [9.17, 15) is 0 Å². The summed E-state index contributed by atoms with van der Waals surface area (Å²) in [6.07, 6.45) is 8.16. The van der Waals surface area contributed by atoms with Crippen molar-refractivity contribution in [2.24, 2.45) is 0 Å². The van der Waals surface area contributed by atoms with Crippen molar-refractivity contribution in [2.75, 3.05) is 13.1 Å². The summed E-state index contributed by atoms with van der Waals surface area (Å²) in [4.78, 5) is 0. The van der Waals surface area contributed by atoms with Gasteiger partial charge in [-0.1, -0.05) is 50.6 Å². The van der Waals surface area contributed by atoms with E-state index in [1.165, 1.54) is 44.1 Å². The van der Waals surface area contributed by atoms with E-state index in [0.717, 1.165) is 13.1 Å². The Kier molecular flexibility index (Phi) is 11.1. The summed E-state index contributed by atoms with van der Waals surface area (Å²) in [5, 5.41) is 3.37. The van der Waals surface area contributed by atoms with Crippen LogP contribution in [0, 0.1) is 0 Å². The zero-order chi connectivity index (χ0) is 10.6. The molecule has 0 aromatic rings. The lowest BCUT2D eigenvalue weighted by Crippen LogP contribution is -2.17. The molecule has 0 aliphatic heterocycles. The summed E-state index contributed by atoms with van der Waals surface area (Å²) in [5.41, 5.74) is 2.85. The third-order valence-electron chi connectivity index (χ3n) is 2.30. The first-order chi connectivity index (χ1) is 6.81. The van der Waals surface area contributed by atoms with Crippen LogP contribution in [0.2, 0.25) is 0 Å². The molecule has 0 unspecified atom stereocenters. The van der Waals surface area contributed by atoms with Crippen molar-refractivity contribution in [2.45, 2.75) is 52.4 Å². The first kappa shape index (κ1) is 14.0. The lowest BCUT2D eigenvalue weighted by molar-refractivity contribution is 0.582. The first-order valence-corrected chi connectivity index (χ1v) is 6.21. The molecule has 0 aliphatic carbocycles. The van der Waals surface area contributed by atoms with Crippen molar-refractivity contribution < 1.29 is 0 Å². The molecule has 0 spiro atoms. The van der Waals surface area contributed by atoms with Gasteiger partial charge in [0.25, 0.3) is 0 Å². The van der Waals surface area contributed by atoms with Gasteiger partial charge in [-0.05, 0) is 25.5 Å². The highest BCUT2D eigenvalue weighted by atomic mass is 35.5. The number of halogens is 1. The van der Waals surface area contributed by atoms with Crippen LogP contribution in [0.5, 0.6) is 0 Å². The lowest BCUT2D eigenvalue weighted by atomic mass is 10.1. The Morgan fingerprint density at radius 3 is 2.43 bits per heavy atom. The molecule has 0 heterocycles. The molecule has 0 aromatic carbocycles. The molecule has 0 saturated carbocycles. The molecule has 1 N–H and O–H groups in total. The van der Waals surface area contributed by atoms with E-state index in [-0.39, 0.29) is 0 Å². The van der Waals surface area contributed by atoms with Crippen LogP contribution in [-0.4, -0.2) is 13.1 Å². The van der Waals surface area contributed by atoms with Gasteiger partial charge in [-0.15, -0.1) is 0 Å². The van der Waals surface area contributed by atoms with Gasteiger partial charge in [0.05, 0.1) is 0 Å². The van der Waals surface area contributed by atoms with Crippen LogP contribution in [0.1, 0.15) is 52.4 Å². The van der Waals surface area contributed by atoms with E-state index in [0.29, 0.717) is 0 Å². The van der Waals surface area contributed by atoms with E-state index >= 15 is 0 Å². The van der Waals surface area contributed by atoms with E-state index in [1.54, 1.807) is 5.54 Å². The van der Waals surface area contributed by atoms with Gasteiger partial charge < -0.3 is 5.32 Å². The van der Waals surface area contributed by atoms with Crippen LogP contribution in [0.25, 0.3) is 0 Å². The van der Waals surface area contributed by atoms with Crippen molar-refractivity contribution in [1.29, 1.82) is 0 Å². The van der Waals surface area contributed by atoms with Gasteiger partial charge in [0.15, 0.2) is 0 Å². The fraction of sp³-hybridized carbons (Fsp3) is 0.833. The lowest BCUT2D eigenvalue weighted by Gasteiger charge is -2.04. The maximum absolute atomic E-state index is 5.55. The molecule has 0 aromatic heterocycles. The molecule has 0 radical (unpaired) electrons. The standard InChI is InChI=1S/C12H24ClN/c1-3-4-5-6-7-8-9-14-11-12(2)10-13/h10,14H,3-9,11H2,1-2H3. The SMILES string of the molecule is CCCCCCCCNCC(C)=CCl.